The third kappa shape index (κ3) is 3.31. The van der Waals surface area contributed by atoms with E-state index in [9.17, 15) is 34.2 Å². The standard InChI is InChI=1S/C27H32FN3O7/c1-26(2,3)31-8-12-13(9-31)20(32)16-11(18(12)28)6-10-7-14-19(30(4)5)22(34)17(25(29)37)24(36)27(14,38)23(35)15(10)21(16)33/h10,14-15,17,19,32,38H,6-9H2,1-5H3,(H2,29,37)/t10-,14-,15?,17?,19-,27-/m0/s1. The lowest BCUT2D eigenvalue weighted by Gasteiger charge is -2.52. The molecule has 2 fully saturated rings. The fourth-order valence-corrected chi connectivity index (χ4v) is 7.05. The number of phenolic OH excluding ortho intramolecular Hbond substituents is 1. The van der Waals surface area contributed by atoms with Gasteiger partial charge in [-0.05, 0) is 53.6 Å². The molecule has 0 spiro atoms. The summed E-state index contributed by atoms with van der Waals surface area (Å²) in [6.45, 7) is 6.31. The van der Waals surface area contributed by atoms with Gasteiger partial charge in [-0.15, -0.1) is 0 Å². The molecule has 1 heterocycles. The van der Waals surface area contributed by atoms with Crippen molar-refractivity contribution < 1.29 is 38.6 Å². The highest BCUT2D eigenvalue weighted by atomic mass is 19.1. The number of rotatable bonds is 2. The predicted molar refractivity (Wildman–Crippen MR) is 130 cm³/mol. The molecule has 1 amide bonds. The summed E-state index contributed by atoms with van der Waals surface area (Å²) in [5, 5.41) is 22.8. The van der Waals surface area contributed by atoms with Crippen LogP contribution in [0.4, 0.5) is 4.39 Å². The lowest BCUT2D eigenvalue weighted by Crippen LogP contribution is -2.74. The third-order valence-electron chi connectivity index (χ3n) is 9.02. The van der Waals surface area contributed by atoms with Crippen molar-refractivity contribution in [1.29, 1.82) is 0 Å². The summed E-state index contributed by atoms with van der Waals surface area (Å²) in [6.07, 6.45) is -0.205. The Kier molecular flexibility index (Phi) is 5.76. The molecular weight excluding hydrogens is 497 g/mol. The minimum absolute atomic E-state index is 0.00590. The van der Waals surface area contributed by atoms with Crippen LogP contribution in [0.3, 0.4) is 0 Å². The highest BCUT2D eigenvalue weighted by Crippen LogP contribution is 2.52. The summed E-state index contributed by atoms with van der Waals surface area (Å²) in [7, 11) is 3.02. The molecule has 38 heavy (non-hydrogen) atoms. The number of carbonyl (C=O) groups excluding carboxylic acids is 5. The number of phenols is 1. The molecule has 2 unspecified atom stereocenters. The van der Waals surface area contributed by atoms with Crippen molar-refractivity contribution in [2.24, 2.45) is 29.4 Å². The summed E-state index contributed by atoms with van der Waals surface area (Å²) < 4.78 is 15.9. The maximum Gasteiger partial charge on any atom is 0.235 e. The van der Waals surface area contributed by atoms with E-state index in [0.717, 1.165) is 0 Å². The van der Waals surface area contributed by atoms with Crippen molar-refractivity contribution in [3.8, 4) is 5.75 Å². The molecule has 0 bridgehead atoms. The van der Waals surface area contributed by atoms with Gasteiger partial charge < -0.3 is 15.9 Å². The molecule has 5 rings (SSSR count). The lowest BCUT2D eigenvalue weighted by atomic mass is 9.52. The number of halogens is 1. The molecule has 0 aromatic heterocycles. The lowest BCUT2D eigenvalue weighted by molar-refractivity contribution is -0.181. The third-order valence-corrected chi connectivity index (χ3v) is 9.02. The van der Waals surface area contributed by atoms with E-state index in [-0.39, 0.29) is 53.9 Å². The van der Waals surface area contributed by atoms with Gasteiger partial charge in [-0.1, -0.05) is 0 Å². The van der Waals surface area contributed by atoms with Crippen molar-refractivity contribution in [2.45, 2.75) is 63.9 Å². The summed E-state index contributed by atoms with van der Waals surface area (Å²) in [4.78, 5) is 69.5. The number of likely N-dealkylation sites (N-methyl/N-ethyl adjacent to an activating group) is 1. The van der Waals surface area contributed by atoms with Gasteiger partial charge in [-0.25, -0.2) is 4.39 Å². The average Bonchev–Trinajstić information content (AvgIpc) is 3.26. The normalized spacial score (nSPS) is 33.2. The number of benzene rings is 1. The van der Waals surface area contributed by atoms with E-state index in [2.05, 4.69) is 0 Å². The molecular formula is C27H32FN3O7. The van der Waals surface area contributed by atoms with E-state index < -0.39 is 70.2 Å². The Morgan fingerprint density at radius 2 is 1.68 bits per heavy atom. The number of aromatic hydroxyl groups is 1. The van der Waals surface area contributed by atoms with E-state index in [0.29, 0.717) is 5.56 Å². The monoisotopic (exact) mass is 529 g/mol. The first kappa shape index (κ1) is 26.6. The van der Waals surface area contributed by atoms with Gasteiger partial charge in [0.2, 0.25) is 5.91 Å². The van der Waals surface area contributed by atoms with Crippen LogP contribution in [0.5, 0.6) is 5.75 Å². The smallest absolute Gasteiger partial charge is 0.235 e. The fourth-order valence-electron chi connectivity index (χ4n) is 7.05. The fraction of sp³-hybridized carbons (Fsp3) is 0.593. The number of hydrogen-bond acceptors (Lipinski definition) is 9. The molecule has 204 valence electrons. The van der Waals surface area contributed by atoms with E-state index >= 15 is 4.39 Å². The van der Waals surface area contributed by atoms with Gasteiger partial charge in [0.15, 0.2) is 34.7 Å². The first-order chi connectivity index (χ1) is 17.5. The maximum atomic E-state index is 15.9. The van der Waals surface area contributed by atoms with Crippen LogP contribution in [-0.4, -0.2) is 80.3 Å². The number of ketones is 4. The molecule has 10 nitrogen and oxygen atoms in total. The number of fused-ring (bicyclic) bond motifs is 4. The number of primary amides is 1. The van der Waals surface area contributed by atoms with Crippen LogP contribution < -0.4 is 5.73 Å². The topological polar surface area (TPSA) is 158 Å². The van der Waals surface area contributed by atoms with Gasteiger partial charge >= 0.3 is 0 Å². The number of carbonyl (C=O) groups is 5. The summed E-state index contributed by atoms with van der Waals surface area (Å²) in [5.41, 5.74) is 2.47. The van der Waals surface area contributed by atoms with Crippen molar-refractivity contribution in [3.63, 3.8) is 0 Å². The number of nitrogens with two attached hydrogens (primary N) is 1. The first-order valence-corrected chi connectivity index (χ1v) is 12.7. The quantitative estimate of drug-likeness (QED) is 0.453. The largest absolute Gasteiger partial charge is 0.507 e. The van der Waals surface area contributed by atoms with Crippen LogP contribution in [0.1, 0.15) is 54.2 Å². The molecule has 0 saturated heterocycles. The molecule has 0 radical (unpaired) electrons. The number of aliphatic hydroxyl groups is 1. The van der Waals surface area contributed by atoms with Gasteiger partial charge in [0.25, 0.3) is 0 Å². The van der Waals surface area contributed by atoms with Gasteiger partial charge in [0.05, 0.1) is 17.5 Å². The minimum Gasteiger partial charge on any atom is -0.507 e. The SMILES string of the molecule is CN(C)[C@@H]1C(=O)C(C(N)=O)C(=O)[C@@]2(O)C(=O)C3C(=O)c4c(O)c5c(c(F)c4C[C@H]3C[C@@H]12)CN(C(C)(C)C)C5. The molecule has 6 atom stereocenters. The van der Waals surface area contributed by atoms with Crippen molar-refractivity contribution >= 4 is 29.0 Å². The van der Waals surface area contributed by atoms with Crippen molar-refractivity contribution in [3.05, 3.63) is 28.1 Å². The van der Waals surface area contributed by atoms with Crippen LogP contribution in [0.2, 0.25) is 0 Å². The second-order valence-electron chi connectivity index (χ2n) is 12.3. The Balaban J connectivity index is 1.63. The second kappa shape index (κ2) is 8.24. The molecule has 1 aromatic rings. The van der Waals surface area contributed by atoms with Crippen LogP contribution in [0, 0.1) is 29.5 Å². The Labute approximate surface area is 218 Å². The Hall–Kier alpha value is -3.02. The molecule has 11 heteroatoms. The van der Waals surface area contributed by atoms with Crippen LogP contribution in [-0.2, 0) is 38.7 Å². The highest BCUT2D eigenvalue weighted by molar-refractivity contribution is 6.32. The molecule has 4 N–H and O–H groups in total. The number of amides is 1. The van der Waals surface area contributed by atoms with Crippen molar-refractivity contribution in [2.75, 3.05) is 14.1 Å². The zero-order valence-electron chi connectivity index (χ0n) is 22.0. The van der Waals surface area contributed by atoms with Crippen LogP contribution >= 0.6 is 0 Å². The van der Waals surface area contributed by atoms with E-state index in [4.69, 9.17) is 5.73 Å². The van der Waals surface area contributed by atoms with Gasteiger partial charge in [0.1, 0.15) is 11.6 Å². The molecule has 1 aliphatic heterocycles. The summed E-state index contributed by atoms with van der Waals surface area (Å²) >= 11 is 0. The average molecular weight is 530 g/mol. The van der Waals surface area contributed by atoms with E-state index in [1.165, 1.54) is 19.0 Å². The number of nitrogens with zero attached hydrogens (tertiary/aromatic N) is 2. The summed E-state index contributed by atoms with van der Waals surface area (Å²) in [6, 6.07) is -1.20. The van der Waals surface area contributed by atoms with Gasteiger partial charge in [-0.3, -0.25) is 33.8 Å². The van der Waals surface area contributed by atoms with Gasteiger partial charge in [-0.2, -0.15) is 0 Å². The van der Waals surface area contributed by atoms with Crippen LogP contribution in [0.25, 0.3) is 0 Å². The van der Waals surface area contributed by atoms with Crippen LogP contribution in [0.15, 0.2) is 0 Å². The highest BCUT2D eigenvalue weighted by Gasteiger charge is 2.69. The Morgan fingerprint density at radius 1 is 1.08 bits per heavy atom. The zero-order valence-corrected chi connectivity index (χ0v) is 22.0. The maximum absolute atomic E-state index is 15.9. The molecule has 1 aromatic carbocycles. The van der Waals surface area contributed by atoms with Crippen molar-refractivity contribution in [1.82, 2.24) is 9.80 Å². The van der Waals surface area contributed by atoms with E-state index in [1.54, 1.807) is 0 Å². The Morgan fingerprint density at radius 3 is 2.24 bits per heavy atom. The zero-order chi connectivity index (χ0) is 28.2. The summed E-state index contributed by atoms with van der Waals surface area (Å²) in [5.74, 6) is -12.1. The number of Topliss-reactive ketones (excluding diaryl/α,β-unsaturated/α-hetero) is 4. The molecule has 2 saturated carbocycles. The first-order valence-electron chi connectivity index (χ1n) is 12.7. The number of hydrogen-bond donors (Lipinski definition) is 3. The molecule has 3 aliphatic carbocycles. The predicted octanol–water partition coefficient (Wildman–Crippen LogP) is 0.120. The van der Waals surface area contributed by atoms with E-state index in [1.807, 2.05) is 25.7 Å². The second-order valence-corrected chi connectivity index (χ2v) is 12.3. The van der Waals surface area contributed by atoms with Gasteiger partial charge in [0, 0.05) is 41.2 Å². The Bertz CT molecular complexity index is 1330. The minimum atomic E-state index is -2.80. The molecule has 4 aliphatic rings.